The van der Waals surface area contributed by atoms with Crippen molar-refractivity contribution in [1.29, 1.82) is 0 Å². The van der Waals surface area contributed by atoms with Gasteiger partial charge in [0.2, 0.25) is 10.0 Å². The van der Waals surface area contributed by atoms with Crippen molar-refractivity contribution >= 4 is 39.1 Å². The third-order valence-corrected chi connectivity index (χ3v) is 8.23. The first-order chi connectivity index (χ1) is 17.3. The number of nitrogens with zero attached hydrogens (tertiary/aromatic N) is 1. The van der Waals surface area contributed by atoms with Crippen LogP contribution < -0.4 is 10.6 Å². The highest BCUT2D eigenvalue weighted by Crippen LogP contribution is 2.27. The highest BCUT2D eigenvalue weighted by Gasteiger charge is 2.29. The van der Waals surface area contributed by atoms with Crippen LogP contribution in [0.5, 0.6) is 0 Å². The summed E-state index contributed by atoms with van der Waals surface area (Å²) in [5, 5.41) is 5.68. The normalized spacial score (nSPS) is 15.2. The molecule has 3 aromatic rings. The smallest absolute Gasteiger partial charge is 0.255 e. The van der Waals surface area contributed by atoms with Crippen molar-refractivity contribution in [3.63, 3.8) is 0 Å². The summed E-state index contributed by atoms with van der Waals surface area (Å²) in [6.45, 7) is 2.87. The summed E-state index contributed by atoms with van der Waals surface area (Å²) in [6, 6.07) is 20.0. The summed E-state index contributed by atoms with van der Waals surface area (Å²) in [7, 11) is -3.91. The molecule has 1 aliphatic rings. The number of rotatable bonds is 7. The average molecular weight is 528 g/mol. The minimum Gasteiger partial charge on any atom is -0.379 e. The molecule has 10 heteroatoms. The Morgan fingerprint density at radius 3 is 2.33 bits per heavy atom. The molecule has 1 unspecified atom stereocenters. The van der Waals surface area contributed by atoms with Crippen LogP contribution in [-0.2, 0) is 14.8 Å². The van der Waals surface area contributed by atoms with E-state index in [0.29, 0.717) is 18.9 Å². The van der Waals surface area contributed by atoms with Gasteiger partial charge in [-0.1, -0.05) is 54.1 Å². The first kappa shape index (κ1) is 25.8. The van der Waals surface area contributed by atoms with Crippen molar-refractivity contribution in [2.75, 3.05) is 31.6 Å². The van der Waals surface area contributed by atoms with E-state index in [4.69, 9.17) is 16.3 Å². The molecule has 0 aromatic heterocycles. The molecule has 1 saturated heterocycles. The van der Waals surface area contributed by atoms with Gasteiger partial charge in [-0.2, -0.15) is 4.31 Å². The van der Waals surface area contributed by atoms with Gasteiger partial charge in [-0.05, 0) is 42.8 Å². The molecule has 36 heavy (non-hydrogen) atoms. The average Bonchev–Trinajstić information content (AvgIpc) is 2.90. The van der Waals surface area contributed by atoms with E-state index in [9.17, 15) is 18.0 Å². The number of ether oxygens (including phenoxy) is 1. The van der Waals surface area contributed by atoms with Gasteiger partial charge in [0, 0.05) is 18.7 Å². The van der Waals surface area contributed by atoms with Gasteiger partial charge in [0.15, 0.2) is 0 Å². The van der Waals surface area contributed by atoms with Gasteiger partial charge in [0.05, 0.1) is 35.5 Å². The number of sulfonamides is 1. The van der Waals surface area contributed by atoms with Gasteiger partial charge in [0.1, 0.15) is 4.90 Å². The van der Waals surface area contributed by atoms with Crippen LogP contribution in [0.1, 0.15) is 39.2 Å². The second-order valence-corrected chi connectivity index (χ2v) is 10.6. The van der Waals surface area contributed by atoms with Crippen molar-refractivity contribution in [3.05, 3.63) is 94.5 Å². The summed E-state index contributed by atoms with van der Waals surface area (Å²) >= 11 is 6.21. The Morgan fingerprint density at radius 2 is 1.61 bits per heavy atom. The lowest BCUT2D eigenvalue weighted by Crippen LogP contribution is -2.40. The monoisotopic (exact) mass is 527 g/mol. The number of hydrogen-bond acceptors (Lipinski definition) is 5. The van der Waals surface area contributed by atoms with Gasteiger partial charge in [-0.25, -0.2) is 8.42 Å². The van der Waals surface area contributed by atoms with Crippen molar-refractivity contribution in [3.8, 4) is 0 Å². The zero-order chi connectivity index (χ0) is 25.7. The zero-order valence-electron chi connectivity index (χ0n) is 19.6. The van der Waals surface area contributed by atoms with E-state index in [-0.39, 0.29) is 46.1 Å². The molecular weight excluding hydrogens is 502 g/mol. The van der Waals surface area contributed by atoms with Crippen LogP contribution in [0.2, 0.25) is 5.02 Å². The Balaban J connectivity index is 1.54. The number of anilines is 1. The number of amides is 2. The van der Waals surface area contributed by atoms with Crippen molar-refractivity contribution in [1.82, 2.24) is 9.62 Å². The number of hydrogen-bond donors (Lipinski definition) is 2. The summed E-state index contributed by atoms with van der Waals surface area (Å²) in [4.78, 5) is 25.9. The lowest BCUT2D eigenvalue weighted by Gasteiger charge is -2.26. The van der Waals surface area contributed by atoms with Crippen LogP contribution in [0.3, 0.4) is 0 Å². The topological polar surface area (TPSA) is 105 Å². The molecule has 1 aliphatic heterocycles. The molecule has 3 aromatic carbocycles. The maximum atomic E-state index is 13.1. The number of carbonyl (C=O) groups is 2. The molecular formula is C26H26ClN3O5S. The fourth-order valence-electron chi connectivity index (χ4n) is 3.85. The second-order valence-electron chi connectivity index (χ2n) is 8.27. The largest absolute Gasteiger partial charge is 0.379 e. The van der Waals surface area contributed by atoms with E-state index in [1.165, 1.54) is 22.5 Å². The first-order valence-electron chi connectivity index (χ1n) is 11.4. The minimum absolute atomic E-state index is 0.0210. The van der Waals surface area contributed by atoms with E-state index >= 15 is 0 Å². The molecule has 1 atom stereocenters. The predicted octanol–water partition coefficient (Wildman–Crippen LogP) is 4.10. The molecule has 1 heterocycles. The quantitative estimate of drug-likeness (QED) is 0.481. The Morgan fingerprint density at radius 1 is 0.944 bits per heavy atom. The lowest BCUT2D eigenvalue weighted by atomic mass is 10.1. The van der Waals surface area contributed by atoms with Crippen LogP contribution in [0.4, 0.5) is 5.69 Å². The van der Waals surface area contributed by atoms with Crippen LogP contribution in [0.25, 0.3) is 0 Å². The van der Waals surface area contributed by atoms with E-state index < -0.39 is 15.9 Å². The summed E-state index contributed by atoms with van der Waals surface area (Å²) < 4.78 is 32.7. The highest BCUT2D eigenvalue weighted by atomic mass is 35.5. The minimum atomic E-state index is -3.91. The van der Waals surface area contributed by atoms with Gasteiger partial charge < -0.3 is 15.4 Å². The maximum Gasteiger partial charge on any atom is 0.255 e. The number of benzene rings is 3. The fourth-order valence-corrected chi connectivity index (χ4v) is 5.76. The second kappa shape index (κ2) is 11.2. The SMILES string of the molecule is CC(NC(=O)c1ccccc1NC(=O)c1ccc(Cl)c(S(=O)(=O)N2CCOCC2)c1)c1ccccc1. The highest BCUT2D eigenvalue weighted by molar-refractivity contribution is 7.89. The molecule has 2 amide bonds. The molecule has 188 valence electrons. The molecule has 1 fully saturated rings. The molecule has 8 nitrogen and oxygen atoms in total. The number of carbonyl (C=O) groups excluding carboxylic acids is 2. The Kier molecular flexibility index (Phi) is 8.05. The van der Waals surface area contributed by atoms with Gasteiger partial charge in [0.25, 0.3) is 11.8 Å². The van der Waals surface area contributed by atoms with Crippen LogP contribution in [0, 0.1) is 0 Å². The number of morpholine rings is 1. The third-order valence-electron chi connectivity index (χ3n) is 5.85. The van der Waals surface area contributed by atoms with Crippen LogP contribution in [0.15, 0.2) is 77.7 Å². The van der Waals surface area contributed by atoms with E-state index in [0.717, 1.165) is 5.56 Å². The molecule has 2 N–H and O–H groups in total. The molecule has 0 bridgehead atoms. The van der Waals surface area contributed by atoms with Gasteiger partial charge in [-0.3, -0.25) is 9.59 Å². The van der Waals surface area contributed by atoms with Crippen LogP contribution >= 0.6 is 11.6 Å². The van der Waals surface area contributed by atoms with Crippen LogP contribution in [-0.4, -0.2) is 50.8 Å². The van der Waals surface area contributed by atoms with Crippen molar-refractivity contribution in [2.24, 2.45) is 0 Å². The molecule has 0 radical (unpaired) electrons. The lowest BCUT2D eigenvalue weighted by molar-refractivity contribution is 0.0730. The Bertz CT molecular complexity index is 1360. The Hall–Kier alpha value is -3.24. The standard InChI is InChI=1S/C26H26ClN3O5S/c1-18(19-7-3-2-4-8-19)28-26(32)21-9-5-6-10-23(21)29-25(31)20-11-12-22(27)24(17-20)36(33,34)30-13-15-35-16-14-30/h2-12,17-18H,13-16H2,1H3,(H,28,32)(H,29,31). The van der Waals surface area contributed by atoms with E-state index in [2.05, 4.69) is 10.6 Å². The molecule has 0 spiro atoms. The summed E-state index contributed by atoms with van der Waals surface area (Å²) in [5.41, 5.74) is 1.62. The van der Waals surface area contributed by atoms with Crippen molar-refractivity contribution < 1.29 is 22.7 Å². The summed E-state index contributed by atoms with van der Waals surface area (Å²) in [6.07, 6.45) is 0. The van der Waals surface area contributed by atoms with E-state index in [1.54, 1.807) is 24.3 Å². The van der Waals surface area contributed by atoms with Crippen molar-refractivity contribution in [2.45, 2.75) is 17.9 Å². The van der Waals surface area contributed by atoms with Gasteiger partial charge >= 0.3 is 0 Å². The number of para-hydroxylation sites is 1. The number of nitrogens with one attached hydrogen (secondary N) is 2. The summed E-state index contributed by atoms with van der Waals surface area (Å²) in [5.74, 6) is -0.921. The zero-order valence-corrected chi connectivity index (χ0v) is 21.2. The Labute approximate surface area is 215 Å². The number of halogens is 1. The third kappa shape index (κ3) is 5.76. The van der Waals surface area contributed by atoms with Gasteiger partial charge in [-0.15, -0.1) is 0 Å². The molecule has 0 aliphatic carbocycles. The first-order valence-corrected chi connectivity index (χ1v) is 13.2. The predicted molar refractivity (Wildman–Crippen MR) is 138 cm³/mol. The maximum absolute atomic E-state index is 13.1. The fraction of sp³-hybridized carbons (Fsp3) is 0.231. The van der Waals surface area contributed by atoms with E-state index in [1.807, 2.05) is 37.3 Å². The molecule has 0 saturated carbocycles. The molecule has 4 rings (SSSR count).